The van der Waals surface area contributed by atoms with E-state index in [-0.39, 0.29) is 11.7 Å². The van der Waals surface area contributed by atoms with E-state index in [9.17, 15) is 9.18 Å². The van der Waals surface area contributed by atoms with Crippen LogP contribution in [-0.2, 0) is 11.2 Å². The fourth-order valence-electron chi connectivity index (χ4n) is 2.72. The van der Waals surface area contributed by atoms with Crippen molar-refractivity contribution in [3.8, 4) is 0 Å². The molecule has 0 bridgehead atoms. The number of rotatable bonds is 1. The molecular formula is C16H10FNOSn. The Kier molecular flexibility index (Phi) is 2.70. The Bertz CT molecular complexity index is 782. The van der Waals surface area contributed by atoms with Gasteiger partial charge in [-0.3, -0.25) is 0 Å². The van der Waals surface area contributed by atoms with Crippen molar-refractivity contribution in [2.24, 2.45) is 0 Å². The summed E-state index contributed by atoms with van der Waals surface area (Å²) >= 11 is -0.822. The van der Waals surface area contributed by atoms with Gasteiger partial charge < -0.3 is 0 Å². The van der Waals surface area contributed by atoms with E-state index in [1.807, 2.05) is 18.2 Å². The first kappa shape index (κ1) is 12.1. The summed E-state index contributed by atoms with van der Waals surface area (Å²) in [5, 5.41) is 2.88. The van der Waals surface area contributed by atoms with E-state index in [0.29, 0.717) is 6.42 Å². The van der Waals surface area contributed by atoms with Crippen LogP contribution < -0.4 is 8.90 Å². The number of anilines is 1. The minimum absolute atomic E-state index is 0.0523. The Morgan fingerprint density at radius 2 is 2.05 bits per heavy atom. The Morgan fingerprint density at radius 1 is 1.15 bits per heavy atom. The van der Waals surface area contributed by atoms with Crippen molar-refractivity contribution in [2.75, 3.05) is 5.32 Å². The molecule has 2 radical (unpaired) electrons. The maximum atomic E-state index is 13.3. The standard InChI is InChI=1S/C16H10FNO.Sn/c1-10(11-4-6-14(17)7-5-11)12-2-3-13-9-16(19)18-15(13)8-12;/h1-4,6-8H,9H2,(H,18,19);. The molecule has 4 heteroatoms. The van der Waals surface area contributed by atoms with Gasteiger partial charge in [0.05, 0.1) is 0 Å². The van der Waals surface area contributed by atoms with Crippen LogP contribution in [0.25, 0.3) is 5.57 Å². The number of fused-ring (bicyclic) bond motifs is 2. The molecule has 0 atom stereocenters. The molecule has 2 aliphatic rings. The van der Waals surface area contributed by atoms with Gasteiger partial charge in [-0.2, -0.15) is 0 Å². The van der Waals surface area contributed by atoms with E-state index in [4.69, 9.17) is 0 Å². The van der Waals surface area contributed by atoms with E-state index in [1.54, 1.807) is 6.07 Å². The molecule has 2 aliphatic heterocycles. The molecule has 0 spiro atoms. The molecule has 2 aromatic carbocycles. The second kappa shape index (κ2) is 4.45. The summed E-state index contributed by atoms with van der Waals surface area (Å²) in [6.07, 6.45) is 0.465. The fraction of sp³-hybridized carbons (Fsp3) is 0.0625. The van der Waals surface area contributed by atoms with Crippen LogP contribution in [-0.4, -0.2) is 27.0 Å². The van der Waals surface area contributed by atoms with Crippen LogP contribution in [0.1, 0.15) is 16.7 Å². The van der Waals surface area contributed by atoms with Crippen LogP contribution in [0.4, 0.5) is 10.1 Å². The van der Waals surface area contributed by atoms with Gasteiger partial charge in [0.1, 0.15) is 0 Å². The predicted molar refractivity (Wildman–Crippen MR) is 77.6 cm³/mol. The van der Waals surface area contributed by atoms with Gasteiger partial charge in [-0.15, -0.1) is 0 Å². The van der Waals surface area contributed by atoms with Gasteiger partial charge in [-0.1, -0.05) is 0 Å². The normalized spacial score (nSPS) is 15.7. The van der Waals surface area contributed by atoms with Gasteiger partial charge in [0.15, 0.2) is 0 Å². The van der Waals surface area contributed by atoms with Crippen molar-refractivity contribution >= 4 is 41.9 Å². The van der Waals surface area contributed by atoms with E-state index in [0.717, 1.165) is 22.4 Å². The van der Waals surface area contributed by atoms with E-state index >= 15 is 0 Å². The fourth-order valence-corrected chi connectivity index (χ4v) is 6.19. The summed E-state index contributed by atoms with van der Waals surface area (Å²) in [5.74, 6) is -0.1000. The Balaban J connectivity index is 1.78. The summed E-state index contributed by atoms with van der Waals surface area (Å²) in [5.41, 5.74) is 5.42. The van der Waals surface area contributed by atoms with Crippen LogP contribution in [0, 0.1) is 5.82 Å². The molecule has 4 rings (SSSR count). The third-order valence-corrected chi connectivity index (χ3v) is 6.99. The first-order valence-corrected chi connectivity index (χ1v) is 9.48. The molecule has 2 heterocycles. The molecule has 96 valence electrons. The Labute approximate surface area is 125 Å². The number of amides is 1. The van der Waals surface area contributed by atoms with Crippen LogP contribution in [0.2, 0.25) is 0 Å². The predicted octanol–water partition coefficient (Wildman–Crippen LogP) is 2.05. The van der Waals surface area contributed by atoms with Crippen LogP contribution >= 0.6 is 0 Å². The molecule has 0 unspecified atom stereocenters. The average Bonchev–Trinajstić information content (AvgIpc) is 2.99. The zero-order valence-electron chi connectivity index (χ0n) is 10.5. The van der Waals surface area contributed by atoms with Crippen molar-refractivity contribution in [1.82, 2.24) is 0 Å². The summed E-state index contributed by atoms with van der Waals surface area (Å²) < 4.78 is 16.7. The van der Waals surface area contributed by atoms with Crippen LogP contribution in [0.3, 0.4) is 0 Å². The topological polar surface area (TPSA) is 29.1 Å². The summed E-state index contributed by atoms with van der Waals surface area (Å²) in [7, 11) is 0. The molecule has 1 N–H and O–H groups in total. The Morgan fingerprint density at radius 3 is 2.95 bits per heavy atom. The van der Waals surface area contributed by atoms with Crippen LogP contribution in [0.15, 0.2) is 40.5 Å². The number of carbonyl (C=O) groups is 1. The average molecular weight is 370 g/mol. The summed E-state index contributed by atoms with van der Waals surface area (Å²) in [6, 6.07) is 11.2. The van der Waals surface area contributed by atoms with Gasteiger partial charge in [-0.05, 0) is 0 Å². The molecule has 2 nitrogen and oxygen atoms in total. The van der Waals surface area contributed by atoms with Gasteiger partial charge in [0, 0.05) is 0 Å². The maximum absolute atomic E-state index is 13.3. The minimum atomic E-state index is -0.822. The second-order valence-electron chi connectivity index (χ2n) is 4.99. The first-order valence-electron chi connectivity index (χ1n) is 6.40. The number of benzene rings is 2. The van der Waals surface area contributed by atoms with Crippen molar-refractivity contribution in [3.05, 3.63) is 63.0 Å². The first-order chi connectivity index (χ1) is 9.70. The molecule has 20 heavy (non-hydrogen) atoms. The van der Waals surface area contributed by atoms with Crippen LogP contribution in [0.5, 0.6) is 0 Å². The zero-order chi connectivity index (χ0) is 13.7. The molecule has 2 aromatic rings. The summed E-state index contributed by atoms with van der Waals surface area (Å²) in [6.45, 7) is 0. The number of hydrogen-bond acceptors (Lipinski definition) is 1. The molecule has 0 aromatic heterocycles. The Hall–Kier alpha value is -1.62. The van der Waals surface area contributed by atoms with E-state index in [2.05, 4.69) is 15.5 Å². The van der Waals surface area contributed by atoms with Crippen molar-refractivity contribution in [2.45, 2.75) is 6.42 Å². The molecule has 0 fully saturated rings. The molecule has 0 saturated carbocycles. The molecule has 1 amide bonds. The monoisotopic (exact) mass is 371 g/mol. The number of carbonyl (C=O) groups excluding carboxylic acids is 1. The SMILES string of the molecule is O=C1Cc2ccc(C3=[CH][Sn][c]4cc(F)ccc43)cc2N1. The van der Waals surface area contributed by atoms with Gasteiger partial charge in [0.25, 0.3) is 0 Å². The van der Waals surface area contributed by atoms with Gasteiger partial charge in [0.2, 0.25) is 0 Å². The second-order valence-corrected chi connectivity index (χ2v) is 8.17. The molecule has 0 aliphatic carbocycles. The number of halogens is 1. The van der Waals surface area contributed by atoms with Crippen molar-refractivity contribution in [1.29, 1.82) is 0 Å². The van der Waals surface area contributed by atoms with E-state index < -0.39 is 21.1 Å². The zero-order valence-corrected chi connectivity index (χ0v) is 13.4. The molecule has 0 saturated heterocycles. The number of nitrogens with one attached hydrogen (secondary N) is 1. The van der Waals surface area contributed by atoms with E-state index in [1.165, 1.54) is 15.2 Å². The van der Waals surface area contributed by atoms with Crippen molar-refractivity contribution in [3.63, 3.8) is 0 Å². The molecular weight excluding hydrogens is 360 g/mol. The van der Waals surface area contributed by atoms with Crippen molar-refractivity contribution < 1.29 is 9.18 Å². The van der Waals surface area contributed by atoms with Gasteiger partial charge >= 0.3 is 126 Å². The summed E-state index contributed by atoms with van der Waals surface area (Å²) in [4.78, 5) is 11.4. The number of hydrogen-bond donors (Lipinski definition) is 1. The third-order valence-electron chi connectivity index (χ3n) is 3.69. The van der Waals surface area contributed by atoms with Gasteiger partial charge in [-0.25, -0.2) is 0 Å². The third kappa shape index (κ3) is 1.88. The quantitative estimate of drug-likeness (QED) is 0.766.